The summed E-state index contributed by atoms with van der Waals surface area (Å²) < 4.78 is 28.4. The first-order valence-electron chi connectivity index (χ1n) is 5.08. The Morgan fingerprint density at radius 3 is 2.74 bits per heavy atom. The lowest BCUT2D eigenvalue weighted by Gasteiger charge is -2.04. The zero-order valence-corrected chi connectivity index (χ0v) is 12.0. The van der Waals surface area contributed by atoms with Crippen LogP contribution in [-0.2, 0) is 0 Å². The van der Waals surface area contributed by atoms with Crippen LogP contribution in [0.2, 0.25) is 5.15 Å². The van der Waals surface area contributed by atoms with Gasteiger partial charge in [-0.1, -0.05) is 11.6 Å². The third-order valence-electron chi connectivity index (χ3n) is 2.49. The molecule has 0 aliphatic rings. The summed E-state index contributed by atoms with van der Waals surface area (Å²) in [6, 6.07) is 3.23. The lowest BCUT2D eigenvalue weighted by Crippen LogP contribution is -2.02. The van der Waals surface area contributed by atoms with E-state index in [9.17, 15) is 8.78 Å². The van der Waals surface area contributed by atoms with Gasteiger partial charge in [0.15, 0.2) is 15.3 Å². The molecule has 2 heterocycles. The number of rotatable bonds is 1. The average Bonchev–Trinajstić information content (AvgIpc) is 2.73. The molecule has 0 fully saturated rings. The maximum absolute atomic E-state index is 13.8. The van der Waals surface area contributed by atoms with Gasteiger partial charge in [-0.2, -0.15) is 5.10 Å². The van der Waals surface area contributed by atoms with Crippen LogP contribution in [0, 0.1) is 15.5 Å². The highest BCUT2D eigenvalue weighted by Crippen LogP contribution is 2.24. The molecule has 0 aliphatic carbocycles. The molecule has 0 amide bonds. The van der Waals surface area contributed by atoms with Gasteiger partial charge in [0.1, 0.15) is 16.7 Å². The van der Waals surface area contributed by atoms with Crippen molar-refractivity contribution in [3.05, 3.63) is 45.0 Å². The summed E-state index contributed by atoms with van der Waals surface area (Å²) in [5, 5.41) is 4.77. The Labute approximate surface area is 124 Å². The predicted molar refractivity (Wildman–Crippen MR) is 74.3 cm³/mol. The van der Waals surface area contributed by atoms with Gasteiger partial charge in [0.25, 0.3) is 0 Å². The van der Waals surface area contributed by atoms with E-state index >= 15 is 0 Å². The van der Waals surface area contributed by atoms with Crippen LogP contribution < -0.4 is 0 Å². The van der Waals surface area contributed by atoms with Crippen LogP contribution in [0.5, 0.6) is 0 Å². The molecule has 0 aliphatic heterocycles. The van der Waals surface area contributed by atoms with Crippen molar-refractivity contribution in [2.45, 2.75) is 0 Å². The molecule has 0 spiro atoms. The van der Waals surface area contributed by atoms with Gasteiger partial charge in [0, 0.05) is 28.7 Å². The second-order valence-corrected chi connectivity index (χ2v) is 5.00. The van der Waals surface area contributed by atoms with E-state index in [4.69, 9.17) is 11.6 Å². The van der Waals surface area contributed by atoms with E-state index in [0.717, 1.165) is 12.1 Å². The van der Waals surface area contributed by atoms with Crippen molar-refractivity contribution < 1.29 is 8.78 Å². The first kappa shape index (κ1) is 12.7. The number of hydrogen-bond donors (Lipinski definition) is 0. The normalized spacial score (nSPS) is 11.2. The molecule has 96 valence electrons. The highest BCUT2D eigenvalue weighted by Gasteiger charge is 2.14. The molecule has 2 aromatic heterocycles. The molecule has 8 heteroatoms. The SMILES string of the molecule is Fc1ccc(-n2ncc3c(Cl)nc(I)nc32)c(F)c1. The Morgan fingerprint density at radius 1 is 1.21 bits per heavy atom. The van der Waals surface area contributed by atoms with Gasteiger partial charge in [-0.3, -0.25) is 0 Å². The third-order valence-corrected chi connectivity index (χ3v) is 3.26. The first-order valence-corrected chi connectivity index (χ1v) is 6.54. The molecule has 4 nitrogen and oxygen atoms in total. The Hall–Kier alpha value is -1.35. The molecule has 0 bridgehead atoms. The van der Waals surface area contributed by atoms with Crippen LogP contribution in [0.3, 0.4) is 0 Å². The molecule has 0 atom stereocenters. The van der Waals surface area contributed by atoms with Crippen LogP contribution in [0.25, 0.3) is 16.7 Å². The number of fused-ring (bicyclic) bond motifs is 1. The molecular weight excluding hydrogens is 389 g/mol. The summed E-state index contributed by atoms with van der Waals surface area (Å²) in [6.45, 7) is 0. The number of nitrogens with zero attached hydrogens (tertiary/aromatic N) is 4. The van der Waals surface area contributed by atoms with Crippen molar-refractivity contribution in [2.75, 3.05) is 0 Å². The minimum absolute atomic E-state index is 0.0990. The summed E-state index contributed by atoms with van der Waals surface area (Å²) in [6.07, 6.45) is 1.44. The van der Waals surface area contributed by atoms with E-state index in [1.54, 1.807) is 0 Å². The van der Waals surface area contributed by atoms with Gasteiger partial charge in [0.05, 0.1) is 11.6 Å². The van der Waals surface area contributed by atoms with Crippen molar-refractivity contribution in [2.24, 2.45) is 0 Å². The summed E-state index contributed by atoms with van der Waals surface area (Å²) >= 11 is 7.86. The fourth-order valence-electron chi connectivity index (χ4n) is 1.68. The Balaban J connectivity index is 2.31. The summed E-state index contributed by atoms with van der Waals surface area (Å²) in [5.41, 5.74) is 0.469. The van der Waals surface area contributed by atoms with Crippen LogP contribution in [0.15, 0.2) is 24.4 Å². The zero-order chi connectivity index (χ0) is 13.6. The molecule has 3 aromatic rings. The second kappa shape index (κ2) is 4.64. The Kier molecular flexibility index (Phi) is 3.09. The van der Waals surface area contributed by atoms with Crippen molar-refractivity contribution in [3.63, 3.8) is 0 Å². The van der Waals surface area contributed by atoms with E-state index in [-0.39, 0.29) is 10.8 Å². The maximum atomic E-state index is 13.8. The molecule has 0 saturated heterocycles. The van der Waals surface area contributed by atoms with Crippen molar-refractivity contribution in [1.29, 1.82) is 0 Å². The summed E-state index contributed by atoms with van der Waals surface area (Å²) in [7, 11) is 0. The van der Waals surface area contributed by atoms with Gasteiger partial charge >= 0.3 is 0 Å². The van der Waals surface area contributed by atoms with Gasteiger partial charge < -0.3 is 0 Å². The lowest BCUT2D eigenvalue weighted by atomic mass is 10.3. The van der Waals surface area contributed by atoms with Crippen LogP contribution in [0.4, 0.5) is 8.78 Å². The van der Waals surface area contributed by atoms with Gasteiger partial charge in [-0.15, -0.1) is 0 Å². The highest BCUT2D eigenvalue weighted by atomic mass is 127. The topological polar surface area (TPSA) is 43.6 Å². The molecule has 1 aromatic carbocycles. The molecule has 0 saturated carbocycles. The minimum atomic E-state index is -0.727. The smallest absolute Gasteiger partial charge is 0.194 e. The molecule has 0 unspecified atom stereocenters. The molecule has 0 radical (unpaired) electrons. The predicted octanol–water partition coefficient (Wildman–Crippen LogP) is 3.35. The number of halogens is 4. The van der Waals surface area contributed by atoms with Crippen molar-refractivity contribution >= 4 is 45.2 Å². The third kappa shape index (κ3) is 2.16. The maximum Gasteiger partial charge on any atom is 0.194 e. The van der Waals surface area contributed by atoms with Gasteiger partial charge in [-0.25, -0.2) is 23.4 Å². The molecule has 3 rings (SSSR count). The number of hydrogen-bond acceptors (Lipinski definition) is 3. The Bertz CT molecular complexity index is 790. The molecule has 0 N–H and O–H groups in total. The average molecular weight is 393 g/mol. The zero-order valence-electron chi connectivity index (χ0n) is 9.11. The van der Waals surface area contributed by atoms with E-state index in [1.807, 2.05) is 22.6 Å². The van der Waals surface area contributed by atoms with Gasteiger partial charge in [0.2, 0.25) is 0 Å². The van der Waals surface area contributed by atoms with E-state index < -0.39 is 11.6 Å². The quantitative estimate of drug-likeness (QED) is 0.362. The van der Waals surface area contributed by atoms with Crippen LogP contribution >= 0.6 is 34.2 Å². The fourth-order valence-corrected chi connectivity index (χ4v) is 2.50. The monoisotopic (exact) mass is 392 g/mol. The standard InChI is InChI=1S/C11H4ClF2IN4/c12-9-6-4-16-19(10(6)18-11(15)17-9)8-2-1-5(13)3-7(8)14/h1-4H. The Morgan fingerprint density at radius 2 is 2.00 bits per heavy atom. The van der Waals surface area contributed by atoms with E-state index in [1.165, 1.54) is 16.9 Å². The van der Waals surface area contributed by atoms with Crippen LogP contribution in [0.1, 0.15) is 0 Å². The largest absolute Gasteiger partial charge is 0.212 e. The summed E-state index contributed by atoms with van der Waals surface area (Å²) in [4.78, 5) is 8.15. The van der Waals surface area contributed by atoms with Crippen molar-refractivity contribution in [1.82, 2.24) is 19.7 Å². The summed E-state index contributed by atoms with van der Waals surface area (Å²) in [5.74, 6) is -1.38. The first-order chi connectivity index (χ1) is 9.06. The van der Waals surface area contributed by atoms with Crippen LogP contribution in [-0.4, -0.2) is 19.7 Å². The van der Waals surface area contributed by atoms with E-state index in [2.05, 4.69) is 15.1 Å². The minimum Gasteiger partial charge on any atom is -0.212 e. The van der Waals surface area contributed by atoms with E-state index in [0.29, 0.717) is 14.9 Å². The molecular formula is C11H4ClF2IN4. The number of aromatic nitrogens is 4. The second-order valence-electron chi connectivity index (χ2n) is 3.67. The lowest BCUT2D eigenvalue weighted by molar-refractivity contribution is 0.574. The van der Waals surface area contributed by atoms with Crippen molar-refractivity contribution in [3.8, 4) is 5.69 Å². The number of benzene rings is 1. The fraction of sp³-hybridized carbons (Fsp3) is 0. The highest BCUT2D eigenvalue weighted by molar-refractivity contribution is 14.1. The molecule has 19 heavy (non-hydrogen) atoms. The van der Waals surface area contributed by atoms with Gasteiger partial charge in [-0.05, 0) is 12.1 Å².